The second-order valence-electron chi connectivity index (χ2n) is 1.57. The summed E-state index contributed by atoms with van der Waals surface area (Å²) in [5, 5.41) is 4.67. The first kappa shape index (κ1) is 8.71. The molecule has 0 aromatic heterocycles. The van der Waals surface area contributed by atoms with Gasteiger partial charge in [0, 0.05) is 6.67 Å². The van der Waals surface area contributed by atoms with E-state index in [2.05, 4.69) is 10.6 Å². The quantitative estimate of drug-likeness (QED) is 0.438. The van der Waals surface area contributed by atoms with E-state index in [0.29, 0.717) is 0 Å². The van der Waals surface area contributed by atoms with Crippen LogP contribution >= 0.6 is 0 Å². The summed E-state index contributed by atoms with van der Waals surface area (Å²) in [5.41, 5.74) is 0. The fraction of sp³-hybridized carbons (Fsp3) is 1.00. The van der Waals surface area contributed by atoms with Gasteiger partial charge in [0.1, 0.15) is 0 Å². The van der Waals surface area contributed by atoms with Crippen molar-refractivity contribution in [1.29, 1.82) is 0 Å². The maximum atomic E-state index is 11.3. The molecule has 2 nitrogen and oxygen atoms in total. The summed E-state index contributed by atoms with van der Waals surface area (Å²) in [6.45, 7) is -0.757. The van der Waals surface area contributed by atoms with E-state index in [-0.39, 0.29) is 6.67 Å². The topological polar surface area (TPSA) is 24.1 Å². The molecule has 0 aromatic carbocycles. The SMILES string of the molecule is CNCNCC(F)(F)F. The third-order valence-electron chi connectivity index (χ3n) is 0.627. The van der Waals surface area contributed by atoms with Crippen molar-refractivity contribution >= 4 is 0 Å². The molecule has 0 amide bonds. The van der Waals surface area contributed by atoms with Crippen LogP contribution in [0.4, 0.5) is 13.2 Å². The standard InChI is InChI=1S/C4H9F3N2/c1-8-3-9-2-4(5,6)7/h8-9H,2-3H2,1H3. The van der Waals surface area contributed by atoms with Crippen molar-refractivity contribution in [2.75, 3.05) is 20.3 Å². The van der Waals surface area contributed by atoms with Crippen LogP contribution in [-0.4, -0.2) is 26.4 Å². The van der Waals surface area contributed by atoms with Gasteiger partial charge in [-0.25, -0.2) is 0 Å². The Labute approximate surface area is 51.4 Å². The van der Waals surface area contributed by atoms with Crippen molar-refractivity contribution in [3.8, 4) is 0 Å². The molecule has 0 fully saturated rings. The van der Waals surface area contributed by atoms with Gasteiger partial charge in [-0.2, -0.15) is 13.2 Å². The lowest BCUT2D eigenvalue weighted by molar-refractivity contribution is -0.124. The van der Waals surface area contributed by atoms with Crippen LogP contribution in [0.2, 0.25) is 0 Å². The van der Waals surface area contributed by atoms with Crippen LogP contribution in [0.15, 0.2) is 0 Å². The third kappa shape index (κ3) is 7.71. The largest absolute Gasteiger partial charge is 0.401 e. The Hall–Kier alpha value is -0.290. The van der Waals surface area contributed by atoms with Crippen LogP contribution in [-0.2, 0) is 0 Å². The minimum Gasteiger partial charge on any atom is -0.308 e. The Kier molecular flexibility index (Phi) is 3.56. The second kappa shape index (κ2) is 3.68. The van der Waals surface area contributed by atoms with Gasteiger partial charge < -0.3 is 5.32 Å². The van der Waals surface area contributed by atoms with Gasteiger partial charge in [-0.05, 0) is 7.05 Å². The monoisotopic (exact) mass is 142 g/mol. The van der Waals surface area contributed by atoms with Gasteiger partial charge in [0.05, 0.1) is 6.54 Å². The molecule has 0 aliphatic heterocycles. The molecule has 0 aromatic rings. The Morgan fingerprint density at radius 3 is 2.22 bits per heavy atom. The summed E-state index contributed by atoms with van der Waals surface area (Å²) in [4.78, 5) is 0. The fourth-order valence-corrected chi connectivity index (χ4v) is 0.329. The lowest BCUT2D eigenvalue weighted by Crippen LogP contribution is -2.34. The Bertz CT molecular complexity index is 70.7. The predicted molar refractivity (Wildman–Crippen MR) is 28.0 cm³/mol. The molecule has 2 N–H and O–H groups in total. The first-order valence-electron chi connectivity index (χ1n) is 2.48. The van der Waals surface area contributed by atoms with Gasteiger partial charge in [0.15, 0.2) is 0 Å². The van der Waals surface area contributed by atoms with Crippen molar-refractivity contribution < 1.29 is 13.2 Å². The molecule has 56 valence electrons. The molecule has 0 radical (unpaired) electrons. The van der Waals surface area contributed by atoms with Gasteiger partial charge in [0.2, 0.25) is 0 Å². The molecule has 0 aliphatic carbocycles. The first-order valence-corrected chi connectivity index (χ1v) is 2.48. The van der Waals surface area contributed by atoms with Crippen molar-refractivity contribution in [2.45, 2.75) is 6.18 Å². The predicted octanol–water partition coefficient (Wildman–Crippen LogP) is 0.315. The van der Waals surface area contributed by atoms with Crippen molar-refractivity contribution in [1.82, 2.24) is 10.6 Å². The molecule has 5 heteroatoms. The zero-order valence-electron chi connectivity index (χ0n) is 5.05. The van der Waals surface area contributed by atoms with E-state index < -0.39 is 12.7 Å². The third-order valence-corrected chi connectivity index (χ3v) is 0.627. The zero-order valence-corrected chi connectivity index (χ0v) is 5.05. The minimum absolute atomic E-state index is 0.180. The molecule has 0 bridgehead atoms. The number of hydrogen-bond donors (Lipinski definition) is 2. The Morgan fingerprint density at radius 1 is 1.33 bits per heavy atom. The number of halogens is 3. The molecule has 0 heterocycles. The minimum atomic E-state index is -4.10. The van der Waals surface area contributed by atoms with Gasteiger partial charge in [-0.3, -0.25) is 5.32 Å². The highest BCUT2D eigenvalue weighted by atomic mass is 19.4. The maximum Gasteiger partial charge on any atom is 0.401 e. The lowest BCUT2D eigenvalue weighted by Gasteiger charge is -2.06. The number of hydrogen-bond acceptors (Lipinski definition) is 2. The van der Waals surface area contributed by atoms with Gasteiger partial charge in [-0.15, -0.1) is 0 Å². The highest BCUT2D eigenvalue weighted by Gasteiger charge is 2.25. The zero-order chi connectivity index (χ0) is 7.33. The molecule has 0 unspecified atom stereocenters. The van der Waals surface area contributed by atoms with Crippen LogP contribution < -0.4 is 10.6 Å². The lowest BCUT2D eigenvalue weighted by atomic mass is 10.6. The Morgan fingerprint density at radius 2 is 1.89 bits per heavy atom. The normalized spacial score (nSPS) is 12.0. The van der Waals surface area contributed by atoms with Crippen LogP contribution in [0, 0.1) is 0 Å². The first-order chi connectivity index (χ1) is 4.06. The highest BCUT2D eigenvalue weighted by Crippen LogP contribution is 2.11. The number of nitrogens with one attached hydrogen (secondary N) is 2. The molecule has 0 atom stereocenters. The Balaban J connectivity index is 3.07. The molecule has 0 saturated carbocycles. The molecule has 0 aliphatic rings. The average molecular weight is 142 g/mol. The van der Waals surface area contributed by atoms with Crippen molar-refractivity contribution in [2.24, 2.45) is 0 Å². The molecule has 0 rings (SSSR count). The molecule has 9 heavy (non-hydrogen) atoms. The maximum absolute atomic E-state index is 11.3. The van der Waals surface area contributed by atoms with Crippen LogP contribution in [0.3, 0.4) is 0 Å². The summed E-state index contributed by atoms with van der Waals surface area (Å²) >= 11 is 0. The van der Waals surface area contributed by atoms with E-state index in [1.807, 2.05) is 0 Å². The average Bonchev–Trinajstić information content (AvgIpc) is 1.63. The van der Waals surface area contributed by atoms with Gasteiger partial charge in [0.25, 0.3) is 0 Å². The molecule has 0 spiro atoms. The van der Waals surface area contributed by atoms with Crippen molar-refractivity contribution in [3.05, 3.63) is 0 Å². The van der Waals surface area contributed by atoms with E-state index in [4.69, 9.17) is 0 Å². The highest BCUT2D eigenvalue weighted by molar-refractivity contribution is 4.52. The summed E-state index contributed by atoms with van der Waals surface area (Å²) in [7, 11) is 1.57. The van der Waals surface area contributed by atoms with E-state index in [1.54, 1.807) is 7.05 Å². The second-order valence-corrected chi connectivity index (χ2v) is 1.57. The van der Waals surface area contributed by atoms with Crippen LogP contribution in [0.1, 0.15) is 0 Å². The summed E-state index contributed by atoms with van der Waals surface area (Å²) in [6, 6.07) is 0. The summed E-state index contributed by atoms with van der Waals surface area (Å²) < 4.78 is 33.9. The number of rotatable bonds is 3. The van der Waals surface area contributed by atoms with Crippen LogP contribution in [0.25, 0.3) is 0 Å². The molecular weight excluding hydrogens is 133 g/mol. The van der Waals surface area contributed by atoms with E-state index >= 15 is 0 Å². The fourth-order valence-electron chi connectivity index (χ4n) is 0.329. The van der Waals surface area contributed by atoms with Crippen molar-refractivity contribution in [3.63, 3.8) is 0 Å². The van der Waals surface area contributed by atoms with E-state index in [0.717, 1.165) is 0 Å². The van der Waals surface area contributed by atoms with Gasteiger partial charge >= 0.3 is 6.18 Å². The molecule has 0 saturated heterocycles. The number of alkyl halides is 3. The van der Waals surface area contributed by atoms with E-state index in [1.165, 1.54) is 0 Å². The van der Waals surface area contributed by atoms with Crippen LogP contribution in [0.5, 0.6) is 0 Å². The molecular formula is C4H9F3N2. The summed E-state index contributed by atoms with van der Waals surface area (Å²) in [5.74, 6) is 0. The summed E-state index contributed by atoms with van der Waals surface area (Å²) in [6.07, 6.45) is -4.10. The van der Waals surface area contributed by atoms with E-state index in [9.17, 15) is 13.2 Å². The smallest absolute Gasteiger partial charge is 0.308 e. The van der Waals surface area contributed by atoms with Gasteiger partial charge in [-0.1, -0.05) is 0 Å².